The second-order valence-corrected chi connectivity index (χ2v) is 3.43. The zero-order chi connectivity index (χ0) is 11.4. The Morgan fingerprint density at radius 2 is 2.07 bits per heavy atom. The fourth-order valence-corrected chi connectivity index (χ4v) is 1.25. The molecule has 0 bridgehead atoms. The van der Waals surface area contributed by atoms with E-state index in [4.69, 9.17) is 27.9 Å². The second kappa shape index (κ2) is 5.28. The molecule has 1 aromatic rings. The third kappa shape index (κ3) is 4.01. The smallest absolute Gasteiger partial charge is 0.272 e. The minimum Gasteiger partial charge on any atom is -0.488 e. The van der Waals surface area contributed by atoms with Crippen molar-refractivity contribution in [2.45, 2.75) is 6.43 Å². The lowest BCUT2D eigenvalue weighted by molar-refractivity contribution is 0.0818. The SMILES string of the molecule is O=C(Cl)c1cc(Cl)cc(OCC(F)F)c1. The first kappa shape index (κ1) is 12.2. The number of benzene rings is 1. The third-order valence-corrected chi connectivity index (χ3v) is 1.91. The molecule has 82 valence electrons. The number of halogens is 4. The van der Waals surface area contributed by atoms with Crippen molar-refractivity contribution in [3.8, 4) is 5.75 Å². The molecule has 0 amide bonds. The molecule has 0 aliphatic heterocycles. The van der Waals surface area contributed by atoms with Crippen LogP contribution >= 0.6 is 23.2 Å². The largest absolute Gasteiger partial charge is 0.488 e. The van der Waals surface area contributed by atoms with Gasteiger partial charge in [0.05, 0.1) is 0 Å². The van der Waals surface area contributed by atoms with Crippen molar-refractivity contribution in [3.63, 3.8) is 0 Å². The van der Waals surface area contributed by atoms with E-state index in [1.807, 2.05) is 0 Å². The molecule has 0 fully saturated rings. The van der Waals surface area contributed by atoms with Gasteiger partial charge in [-0.15, -0.1) is 0 Å². The lowest BCUT2D eigenvalue weighted by atomic mass is 10.2. The molecule has 0 saturated heterocycles. The first-order valence-corrected chi connectivity index (χ1v) is 4.66. The number of rotatable bonds is 4. The van der Waals surface area contributed by atoms with Gasteiger partial charge in [-0.3, -0.25) is 4.79 Å². The topological polar surface area (TPSA) is 26.3 Å². The van der Waals surface area contributed by atoms with Crippen LogP contribution in [0.1, 0.15) is 10.4 Å². The maximum atomic E-state index is 11.8. The number of carbonyl (C=O) groups is 1. The first-order chi connectivity index (χ1) is 6.99. The molecule has 0 radical (unpaired) electrons. The van der Waals surface area contributed by atoms with Crippen LogP contribution in [-0.2, 0) is 0 Å². The van der Waals surface area contributed by atoms with Gasteiger partial charge >= 0.3 is 0 Å². The molecular weight excluding hydrogens is 249 g/mol. The highest BCUT2D eigenvalue weighted by atomic mass is 35.5. The number of hydrogen-bond acceptors (Lipinski definition) is 2. The fourth-order valence-electron chi connectivity index (χ4n) is 0.919. The standard InChI is InChI=1S/C9H6Cl2F2O2/c10-6-1-5(9(11)14)2-7(3-6)15-4-8(12)13/h1-3,8H,4H2. The maximum Gasteiger partial charge on any atom is 0.272 e. The lowest BCUT2D eigenvalue weighted by Gasteiger charge is -2.06. The van der Waals surface area contributed by atoms with E-state index in [9.17, 15) is 13.6 Å². The van der Waals surface area contributed by atoms with Gasteiger partial charge in [0, 0.05) is 10.6 Å². The van der Waals surface area contributed by atoms with Crippen LogP contribution in [0.15, 0.2) is 18.2 Å². The van der Waals surface area contributed by atoms with Gasteiger partial charge in [0.15, 0.2) is 0 Å². The minimum atomic E-state index is -2.58. The molecule has 0 saturated carbocycles. The van der Waals surface area contributed by atoms with Gasteiger partial charge in [-0.25, -0.2) is 8.78 Å². The minimum absolute atomic E-state index is 0.0896. The lowest BCUT2D eigenvalue weighted by Crippen LogP contribution is -2.07. The second-order valence-electron chi connectivity index (χ2n) is 2.65. The van der Waals surface area contributed by atoms with Crippen molar-refractivity contribution in [2.75, 3.05) is 6.61 Å². The van der Waals surface area contributed by atoms with Crippen LogP contribution in [0.3, 0.4) is 0 Å². The highest BCUT2D eigenvalue weighted by Crippen LogP contribution is 2.22. The molecule has 15 heavy (non-hydrogen) atoms. The fraction of sp³-hybridized carbons (Fsp3) is 0.222. The van der Waals surface area contributed by atoms with E-state index < -0.39 is 18.3 Å². The van der Waals surface area contributed by atoms with Crippen molar-refractivity contribution >= 4 is 28.4 Å². The van der Waals surface area contributed by atoms with E-state index >= 15 is 0 Å². The van der Waals surface area contributed by atoms with Crippen molar-refractivity contribution in [3.05, 3.63) is 28.8 Å². The summed E-state index contributed by atoms with van der Waals surface area (Å²) in [7, 11) is 0. The average Bonchev–Trinajstić information content (AvgIpc) is 2.13. The summed E-state index contributed by atoms with van der Waals surface area (Å²) in [5.74, 6) is 0.0896. The Labute approximate surface area is 94.7 Å². The van der Waals surface area contributed by atoms with Gasteiger partial charge in [0.1, 0.15) is 12.4 Å². The van der Waals surface area contributed by atoms with E-state index in [1.165, 1.54) is 18.2 Å². The van der Waals surface area contributed by atoms with Gasteiger partial charge < -0.3 is 4.74 Å². The summed E-state index contributed by atoms with van der Waals surface area (Å²) in [6, 6.07) is 3.91. The normalized spacial score (nSPS) is 10.5. The van der Waals surface area contributed by atoms with Crippen molar-refractivity contribution in [1.29, 1.82) is 0 Å². The molecule has 6 heteroatoms. The van der Waals surface area contributed by atoms with E-state index in [0.29, 0.717) is 0 Å². The Morgan fingerprint density at radius 1 is 1.40 bits per heavy atom. The summed E-state index contributed by atoms with van der Waals surface area (Å²) in [6.45, 7) is -0.754. The van der Waals surface area contributed by atoms with Gasteiger partial charge in [-0.05, 0) is 29.8 Å². The molecule has 0 N–H and O–H groups in total. The quantitative estimate of drug-likeness (QED) is 0.771. The summed E-state index contributed by atoms with van der Waals surface area (Å²) in [5, 5.41) is -0.523. The number of hydrogen-bond donors (Lipinski definition) is 0. The van der Waals surface area contributed by atoms with Gasteiger partial charge in [-0.1, -0.05) is 11.6 Å². The molecule has 0 atom stereocenters. The highest BCUT2D eigenvalue weighted by molar-refractivity contribution is 6.67. The zero-order valence-corrected chi connectivity index (χ0v) is 8.86. The number of ether oxygens (including phenoxy) is 1. The van der Waals surface area contributed by atoms with Crippen molar-refractivity contribution in [2.24, 2.45) is 0 Å². The molecule has 2 nitrogen and oxygen atoms in total. The average molecular weight is 255 g/mol. The van der Waals surface area contributed by atoms with Gasteiger partial charge in [0.25, 0.3) is 11.7 Å². The molecular formula is C9H6Cl2F2O2. The first-order valence-electron chi connectivity index (χ1n) is 3.90. The van der Waals surface area contributed by atoms with Crippen LogP contribution in [0.4, 0.5) is 8.78 Å². The van der Waals surface area contributed by atoms with E-state index in [1.54, 1.807) is 0 Å². The zero-order valence-electron chi connectivity index (χ0n) is 7.34. The monoisotopic (exact) mass is 254 g/mol. The van der Waals surface area contributed by atoms with Gasteiger partial charge in [-0.2, -0.15) is 0 Å². The molecule has 0 aliphatic carbocycles. The van der Waals surface area contributed by atoms with Crippen LogP contribution in [0.5, 0.6) is 5.75 Å². The molecule has 0 heterocycles. The van der Waals surface area contributed by atoms with Crippen molar-refractivity contribution in [1.82, 2.24) is 0 Å². The Balaban J connectivity index is 2.84. The van der Waals surface area contributed by atoms with Crippen LogP contribution < -0.4 is 4.74 Å². The predicted octanol–water partition coefficient (Wildman–Crippen LogP) is 3.36. The van der Waals surface area contributed by atoms with E-state index in [0.717, 1.165) is 0 Å². The van der Waals surface area contributed by atoms with Crippen molar-refractivity contribution < 1.29 is 18.3 Å². The third-order valence-electron chi connectivity index (χ3n) is 1.47. The summed E-state index contributed by atoms with van der Waals surface area (Å²) >= 11 is 10.8. The predicted molar refractivity (Wildman–Crippen MR) is 53.1 cm³/mol. The maximum absolute atomic E-state index is 11.8. The van der Waals surface area contributed by atoms with Crippen LogP contribution in [-0.4, -0.2) is 18.3 Å². The van der Waals surface area contributed by atoms with E-state index in [2.05, 4.69) is 0 Å². The van der Waals surface area contributed by atoms with Gasteiger partial charge in [0.2, 0.25) is 0 Å². The molecule has 0 unspecified atom stereocenters. The summed E-state index contributed by atoms with van der Waals surface area (Å²) in [4.78, 5) is 10.8. The van der Waals surface area contributed by atoms with Crippen LogP contribution in [0, 0.1) is 0 Å². The van der Waals surface area contributed by atoms with Crippen LogP contribution in [0.2, 0.25) is 5.02 Å². The molecule has 0 spiro atoms. The Kier molecular flexibility index (Phi) is 4.29. The Hall–Kier alpha value is -0.870. The Morgan fingerprint density at radius 3 is 2.60 bits per heavy atom. The molecule has 0 aromatic heterocycles. The summed E-state index contributed by atoms with van der Waals surface area (Å²) < 4.78 is 28.4. The highest BCUT2D eigenvalue weighted by Gasteiger charge is 2.08. The summed E-state index contributed by atoms with van der Waals surface area (Å²) in [6.07, 6.45) is -2.58. The van der Waals surface area contributed by atoms with E-state index in [-0.39, 0.29) is 16.3 Å². The molecule has 0 aliphatic rings. The molecule has 1 rings (SSSR count). The number of carbonyl (C=O) groups excluding carboxylic acids is 1. The molecule has 1 aromatic carbocycles. The number of alkyl halides is 2. The Bertz CT molecular complexity index is 369. The summed E-state index contributed by atoms with van der Waals surface area (Å²) in [5.41, 5.74) is 0.105. The van der Waals surface area contributed by atoms with Crippen LogP contribution in [0.25, 0.3) is 0 Å².